The second-order valence-electron chi connectivity index (χ2n) is 5.95. The summed E-state index contributed by atoms with van der Waals surface area (Å²) in [7, 11) is 1.67. The second-order valence-corrected chi connectivity index (χ2v) is 7.44. The average molecular weight is 373 g/mol. The van der Waals surface area contributed by atoms with E-state index in [2.05, 4.69) is 16.3 Å². The molecule has 0 radical (unpaired) electrons. The summed E-state index contributed by atoms with van der Waals surface area (Å²) in [5.41, 5.74) is 2.11. The van der Waals surface area contributed by atoms with Gasteiger partial charge in [-0.2, -0.15) is 0 Å². The number of ether oxygens (including phenoxy) is 1. The summed E-state index contributed by atoms with van der Waals surface area (Å²) in [5.74, 6) is 0.820. The van der Waals surface area contributed by atoms with Crippen molar-refractivity contribution in [1.29, 1.82) is 0 Å². The van der Waals surface area contributed by atoms with E-state index in [0.29, 0.717) is 18.1 Å². The fourth-order valence-corrected chi connectivity index (χ4v) is 4.46. The number of fused-ring (bicyclic) bond motifs is 3. The Bertz CT molecular complexity index is 954. The maximum Gasteiger partial charge on any atom is 0.263 e. The van der Waals surface area contributed by atoms with Gasteiger partial charge in [0.15, 0.2) is 0 Å². The lowest BCUT2D eigenvalue weighted by molar-refractivity contribution is 0.0962. The molecule has 0 saturated heterocycles. The van der Waals surface area contributed by atoms with E-state index in [9.17, 15) is 4.79 Å². The Morgan fingerprint density at radius 3 is 3.00 bits per heavy atom. The highest BCUT2D eigenvalue weighted by Gasteiger charge is 2.26. The number of amides is 1. The minimum atomic E-state index is -0.0135. The first-order chi connectivity index (χ1) is 12.2. The molecule has 4 nitrogen and oxygen atoms in total. The Morgan fingerprint density at radius 2 is 2.16 bits per heavy atom. The van der Waals surface area contributed by atoms with Gasteiger partial charge in [-0.1, -0.05) is 23.7 Å². The topological polar surface area (TPSA) is 41.6 Å². The molecular weight excluding hydrogens is 356 g/mol. The number of rotatable bonds is 3. The van der Waals surface area contributed by atoms with Gasteiger partial charge in [-0.15, -0.1) is 11.3 Å². The zero-order chi connectivity index (χ0) is 17.4. The summed E-state index contributed by atoms with van der Waals surface area (Å²) in [5, 5.41) is 4.70. The quantitative estimate of drug-likeness (QED) is 0.744. The highest BCUT2D eigenvalue weighted by molar-refractivity contribution is 7.21. The smallest absolute Gasteiger partial charge is 0.263 e. The number of nitrogens with one attached hydrogen (secondary N) is 1. The van der Waals surface area contributed by atoms with Crippen molar-refractivity contribution in [2.45, 2.75) is 6.54 Å². The van der Waals surface area contributed by atoms with Crippen molar-refractivity contribution in [3.8, 4) is 5.75 Å². The summed E-state index contributed by atoms with van der Waals surface area (Å²) in [6.07, 6.45) is 0. The Morgan fingerprint density at radius 1 is 1.28 bits per heavy atom. The molecule has 1 amide bonds. The van der Waals surface area contributed by atoms with Crippen LogP contribution in [-0.4, -0.2) is 26.1 Å². The van der Waals surface area contributed by atoms with Crippen LogP contribution < -0.4 is 15.0 Å². The van der Waals surface area contributed by atoms with Crippen molar-refractivity contribution in [3.05, 3.63) is 57.9 Å². The normalized spacial score (nSPS) is 14.2. The van der Waals surface area contributed by atoms with Gasteiger partial charge in [-0.05, 0) is 35.9 Å². The molecule has 1 aliphatic rings. The summed E-state index contributed by atoms with van der Waals surface area (Å²) >= 11 is 7.73. The minimum Gasteiger partial charge on any atom is -0.497 e. The summed E-state index contributed by atoms with van der Waals surface area (Å²) in [4.78, 5) is 15.5. The summed E-state index contributed by atoms with van der Waals surface area (Å²) in [6.45, 7) is 2.07. The number of halogens is 1. The zero-order valence-corrected chi connectivity index (χ0v) is 15.3. The summed E-state index contributed by atoms with van der Waals surface area (Å²) < 4.78 is 6.40. The Labute approximate surface area is 155 Å². The molecule has 2 heterocycles. The maximum absolute atomic E-state index is 12.5. The molecule has 4 rings (SSSR count). The molecule has 0 atom stereocenters. The van der Waals surface area contributed by atoms with Crippen LogP contribution in [0.2, 0.25) is 5.02 Å². The van der Waals surface area contributed by atoms with Crippen LogP contribution in [0.1, 0.15) is 15.2 Å². The molecule has 25 heavy (non-hydrogen) atoms. The van der Waals surface area contributed by atoms with Gasteiger partial charge in [0.05, 0.1) is 12.8 Å². The van der Waals surface area contributed by atoms with E-state index in [0.717, 1.165) is 38.5 Å². The van der Waals surface area contributed by atoms with E-state index in [-0.39, 0.29) is 5.91 Å². The van der Waals surface area contributed by atoms with Crippen LogP contribution in [0.25, 0.3) is 10.1 Å². The van der Waals surface area contributed by atoms with Crippen LogP contribution >= 0.6 is 22.9 Å². The van der Waals surface area contributed by atoms with E-state index in [1.165, 1.54) is 11.3 Å². The summed E-state index contributed by atoms with van der Waals surface area (Å²) in [6, 6.07) is 13.8. The maximum atomic E-state index is 12.5. The molecule has 2 aromatic carbocycles. The van der Waals surface area contributed by atoms with Gasteiger partial charge >= 0.3 is 0 Å². The molecule has 0 fully saturated rings. The largest absolute Gasteiger partial charge is 0.497 e. The lowest BCUT2D eigenvalue weighted by atomic mass is 10.1. The number of carbonyl (C=O) groups excluding carboxylic acids is 1. The highest BCUT2D eigenvalue weighted by Crippen LogP contribution is 2.41. The van der Waals surface area contributed by atoms with Gasteiger partial charge < -0.3 is 15.0 Å². The molecule has 0 spiro atoms. The fourth-order valence-electron chi connectivity index (χ4n) is 3.17. The monoisotopic (exact) mass is 372 g/mol. The van der Waals surface area contributed by atoms with E-state index in [4.69, 9.17) is 16.3 Å². The number of anilines is 1. The van der Waals surface area contributed by atoms with Gasteiger partial charge in [-0.3, -0.25) is 4.79 Å². The third kappa shape index (κ3) is 3.05. The van der Waals surface area contributed by atoms with Gasteiger partial charge in [0.25, 0.3) is 5.91 Å². The van der Waals surface area contributed by atoms with E-state index in [1.54, 1.807) is 7.11 Å². The van der Waals surface area contributed by atoms with E-state index < -0.39 is 0 Å². The number of hydrogen-bond donors (Lipinski definition) is 1. The minimum absolute atomic E-state index is 0.0135. The zero-order valence-electron chi connectivity index (χ0n) is 13.7. The molecule has 0 bridgehead atoms. The first kappa shape index (κ1) is 16.2. The van der Waals surface area contributed by atoms with Crippen LogP contribution in [0.3, 0.4) is 0 Å². The number of benzene rings is 2. The van der Waals surface area contributed by atoms with Crippen LogP contribution in [-0.2, 0) is 6.54 Å². The van der Waals surface area contributed by atoms with Crippen LogP contribution in [0.15, 0.2) is 42.5 Å². The lowest BCUT2D eigenvalue weighted by Gasteiger charge is -2.23. The van der Waals surface area contributed by atoms with E-state index in [1.807, 2.05) is 36.4 Å². The molecule has 1 N–H and O–H groups in total. The highest BCUT2D eigenvalue weighted by atomic mass is 35.5. The molecule has 0 saturated carbocycles. The SMILES string of the molecule is COc1cccc(CN2CCNC(=O)c3sc4ccc(Cl)cc4c32)c1. The third-order valence-electron chi connectivity index (χ3n) is 4.32. The van der Waals surface area contributed by atoms with Crippen molar-refractivity contribution in [2.75, 3.05) is 25.1 Å². The third-order valence-corrected chi connectivity index (χ3v) is 5.72. The average Bonchev–Trinajstić information content (AvgIpc) is 2.92. The molecule has 128 valence electrons. The Balaban J connectivity index is 1.81. The van der Waals surface area contributed by atoms with E-state index >= 15 is 0 Å². The van der Waals surface area contributed by atoms with Crippen molar-refractivity contribution in [2.24, 2.45) is 0 Å². The Kier molecular flexibility index (Phi) is 4.27. The molecule has 3 aromatic rings. The Hall–Kier alpha value is -2.24. The number of nitrogens with zero attached hydrogens (tertiary/aromatic N) is 1. The molecule has 1 aromatic heterocycles. The van der Waals surface area contributed by atoms with Gasteiger partial charge in [0, 0.05) is 34.7 Å². The van der Waals surface area contributed by atoms with Gasteiger partial charge in [0.1, 0.15) is 10.6 Å². The number of hydrogen-bond acceptors (Lipinski definition) is 4. The predicted molar refractivity (Wildman–Crippen MR) is 103 cm³/mol. The molecular formula is C19H17ClN2O2S. The van der Waals surface area contributed by atoms with Crippen molar-refractivity contribution >= 4 is 44.6 Å². The van der Waals surface area contributed by atoms with Crippen molar-refractivity contribution in [3.63, 3.8) is 0 Å². The van der Waals surface area contributed by atoms with Gasteiger partial charge in [0.2, 0.25) is 0 Å². The predicted octanol–water partition coefficient (Wildman–Crippen LogP) is 4.31. The second kappa shape index (κ2) is 6.58. The molecule has 0 aliphatic carbocycles. The van der Waals surface area contributed by atoms with Crippen molar-refractivity contribution in [1.82, 2.24) is 5.32 Å². The van der Waals surface area contributed by atoms with Crippen molar-refractivity contribution < 1.29 is 9.53 Å². The first-order valence-electron chi connectivity index (χ1n) is 8.04. The van der Waals surface area contributed by atoms with Crippen LogP contribution in [0, 0.1) is 0 Å². The lowest BCUT2D eigenvalue weighted by Crippen LogP contribution is -2.29. The fraction of sp³-hybridized carbons (Fsp3) is 0.211. The first-order valence-corrected chi connectivity index (χ1v) is 9.23. The number of thiophene rings is 1. The van der Waals surface area contributed by atoms with Crippen LogP contribution in [0.5, 0.6) is 5.75 Å². The van der Waals surface area contributed by atoms with Gasteiger partial charge in [-0.25, -0.2) is 0 Å². The number of methoxy groups -OCH3 is 1. The number of carbonyl (C=O) groups is 1. The standard InChI is InChI=1S/C19H17ClN2O2S/c1-24-14-4-2-3-12(9-14)11-22-8-7-21-19(23)18-17(22)15-10-13(20)5-6-16(15)25-18/h2-6,9-10H,7-8,11H2,1H3,(H,21,23). The molecule has 6 heteroatoms. The molecule has 0 unspecified atom stereocenters. The van der Waals surface area contributed by atoms with Crippen LogP contribution in [0.4, 0.5) is 5.69 Å². The molecule has 1 aliphatic heterocycles.